The van der Waals surface area contributed by atoms with Crippen LogP contribution in [-0.4, -0.2) is 25.3 Å². The van der Waals surface area contributed by atoms with Gasteiger partial charge in [-0.25, -0.2) is 0 Å². The van der Waals surface area contributed by atoms with Gasteiger partial charge < -0.3 is 10.1 Å². The normalized spacial score (nSPS) is 30.2. The Kier molecular flexibility index (Phi) is 4.81. The van der Waals surface area contributed by atoms with Crippen LogP contribution in [0.15, 0.2) is 0 Å². The van der Waals surface area contributed by atoms with Crippen LogP contribution in [0.3, 0.4) is 0 Å². The first-order chi connectivity index (χ1) is 7.51. The van der Waals surface area contributed by atoms with Gasteiger partial charge in [-0.05, 0) is 39.2 Å². The Morgan fingerprint density at radius 2 is 1.81 bits per heavy atom. The summed E-state index contributed by atoms with van der Waals surface area (Å²) in [5.41, 5.74) is 0.373. The highest BCUT2D eigenvalue weighted by Gasteiger charge is 2.53. The minimum absolute atomic E-state index is 0.373. The lowest BCUT2D eigenvalue weighted by atomic mass is 9.58. The summed E-state index contributed by atoms with van der Waals surface area (Å²) in [6.07, 6.45) is 4.43. The van der Waals surface area contributed by atoms with Gasteiger partial charge in [0.2, 0.25) is 0 Å². The Labute approximate surface area is 101 Å². The second kappa shape index (κ2) is 5.50. The molecule has 0 saturated heterocycles. The highest BCUT2D eigenvalue weighted by atomic mass is 16.5. The maximum atomic E-state index is 6.24. The van der Waals surface area contributed by atoms with Crippen molar-refractivity contribution in [3.63, 3.8) is 0 Å². The largest absolute Gasteiger partial charge is 0.374 e. The fraction of sp³-hybridized carbons (Fsp3) is 1.00. The zero-order valence-electron chi connectivity index (χ0n) is 11.8. The Hall–Kier alpha value is -0.0800. The third-order valence-electron chi connectivity index (χ3n) is 4.77. The molecule has 96 valence electrons. The van der Waals surface area contributed by atoms with Gasteiger partial charge in [-0.3, -0.25) is 0 Å². The van der Waals surface area contributed by atoms with E-state index in [2.05, 4.69) is 47.0 Å². The maximum Gasteiger partial charge on any atom is 0.0664 e. The van der Waals surface area contributed by atoms with Gasteiger partial charge in [-0.1, -0.05) is 27.7 Å². The number of ether oxygens (including phenoxy) is 1. The molecule has 0 bridgehead atoms. The van der Waals surface area contributed by atoms with Crippen LogP contribution in [0.25, 0.3) is 0 Å². The van der Waals surface area contributed by atoms with Crippen molar-refractivity contribution < 1.29 is 4.74 Å². The highest BCUT2D eigenvalue weighted by molar-refractivity contribution is 5.06. The van der Waals surface area contributed by atoms with Gasteiger partial charge >= 0.3 is 0 Å². The van der Waals surface area contributed by atoms with Crippen molar-refractivity contribution in [2.24, 2.45) is 11.3 Å². The van der Waals surface area contributed by atoms with Crippen molar-refractivity contribution >= 4 is 0 Å². The molecule has 1 fully saturated rings. The molecule has 0 aromatic carbocycles. The Bertz CT molecular complexity index is 211. The Morgan fingerprint density at radius 1 is 1.25 bits per heavy atom. The van der Waals surface area contributed by atoms with Crippen LogP contribution >= 0.6 is 0 Å². The highest BCUT2D eigenvalue weighted by Crippen LogP contribution is 2.49. The van der Waals surface area contributed by atoms with Crippen LogP contribution in [0, 0.1) is 11.3 Å². The van der Waals surface area contributed by atoms with Gasteiger partial charge in [0.25, 0.3) is 0 Å². The van der Waals surface area contributed by atoms with E-state index < -0.39 is 0 Å². The average Bonchev–Trinajstić information content (AvgIpc) is 2.25. The van der Waals surface area contributed by atoms with Gasteiger partial charge in [0.05, 0.1) is 12.2 Å². The van der Waals surface area contributed by atoms with E-state index in [0.717, 1.165) is 0 Å². The lowest BCUT2D eigenvalue weighted by Crippen LogP contribution is -2.63. The monoisotopic (exact) mass is 227 g/mol. The quantitative estimate of drug-likeness (QED) is 0.752. The summed E-state index contributed by atoms with van der Waals surface area (Å²) < 4.78 is 6.24. The van der Waals surface area contributed by atoms with E-state index in [4.69, 9.17) is 4.74 Å². The van der Waals surface area contributed by atoms with Crippen LogP contribution in [0.4, 0.5) is 0 Å². The van der Waals surface area contributed by atoms with Crippen molar-refractivity contribution in [1.29, 1.82) is 0 Å². The molecule has 16 heavy (non-hydrogen) atoms. The first-order valence-electron chi connectivity index (χ1n) is 6.84. The molecule has 1 rings (SSSR count). The van der Waals surface area contributed by atoms with E-state index in [9.17, 15) is 0 Å². The topological polar surface area (TPSA) is 21.3 Å². The van der Waals surface area contributed by atoms with Gasteiger partial charge in [0, 0.05) is 11.5 Å². The molecule has 2 heteroatoms. The summed E-state index contributed by atoms with van der Waals surface area (Å²) in [5.74, 6) is 0.611. The predicted octanol–water partition coefficient (Wildman–Crippen LogP) is 3.21. The van der Waals surface area contributed by atoms with Crippen LogP contribution in [-0.2, 0) is 4.74 Å². The number of nitrogens with one attached hydrogen (secondary N) is 1. The fourth-order valence-electron chi connectivity index (χ4n) is 2.96. The molecule has 1 aliphatic carbocycles. The van der Waals surface area contributed by atoms with Crippen LogP contribution in [0.1, 0.15) is 53.9 Å². The Balaban J connectivity index is 2.62. The van der Waals surface area contributed by atoms with E-state index in [1.807, 2.05) is 0 Å². The average molecular weight is 227 g/mol. The minimum atomic E-state index is 0.373. The first-order valence-corrected chi connectivity index (χ1v) is 6.84. The molecule has 0 aromatic heterocycles. The standard InChI is InChI=1S/C14H29NO/c1-7-14(8-2)12(15-6)9-13(14)16-11(5)10(3)4/h10-13,15H,7-9H2,1-6H3. The van der Waals surface area contributed by atoms with E-state index in [-0.39, 0.29) is 0 Å². The molecule has 0 spiro atoms. The summed E-state index contributed by atoms with van der Waals surface area (Å²) in [6.45, 7) is 11.3. The molecule has 0 heterocycles. The third kappa shape index (κ3) is 2.28. The molecule has 0 aromatic rings. The summed E-state index contributed by atoms with van der Waals surface area (Å²) in [4.78, 5) is 0. The smallest absolute Gasteiger partial charge is 0.0664 e. The fourth-order valence-corrected chi connectivity index (χ4v) is 2.96. The molecule has 0 aliphatic heterocycles. The van der Waals surface area contributed by atoms with Crippen molar-refractivity contribution in [2.45, 2.75) is 72.1 Å². The zero-order chi connectivity index (χ0) is 12.3. The van der Waals surface area contributed by atoms with E-state index in [0.29, 0.717) is 29.6 Å². The second-order valence-electron chi connectivity index (χ2n) is 5.59. The van der Waals surface area contributed by atoms with Gasteiger partial charge in [0.1, 0.15) is 0 Å². The zero-order valence-corrected chi connectivity index (χ0v) is 11.8. The molecule has 1 saturated carbocycles. The van der Waals surface area contributed by atoms with Gasteiger partial charge in [-0.15, -0.1) is 0 Å². The van der Waals surface area contributed by atoms with Gasteiger partial charge in [-0.2, -0.15) is 0 Å². The molecular formula is C14H29NO. The lowest BCUT2D eigenvalue weighted by Gasteiger charge is -2.56. The SMILES string of the molecule is CCC1(CC)C(NC)CC1OC(C)C(C)C. The van der Waals surface area contributed by atoms with Crippen LogP contribution in [0.2, 0.25) is 0 Å². The molecule has 3 unspecified atom stereocenters. The number of hydrogen-bond acceptors (Lipinski definition) is 2. The Morgan fingerprint density at radius 3 is 2.19 bits per heavy atom. The molecule has 1 aliphatic rings. The molecule has 2 nitrogen and oxygen atoms in total. The lowest BCUT2D eigenvalue weighted by molar-refractivity contribution is -0.169. The molecule has 3 atom stereocenters. The summed E-state index contributed by atoms with van der Waals surface area (Å²) in [5, 5.41) is 3.45. The predicted molar refractivity (Wildman–Crippen MR) is 69.7 cm³/mol. The van der Waals surface area contributed by atoms with Crippen molar-refractivity contribution in [3.8, 4) is 0 Å². The third-order valence-corrected chi connectivity index (χ3v) is 4.77. The van der Waals surface area contributed by atoms with Crippen LogP contribution in [0.5, 0.6) is 0 Å². The number of rotatable bonds is 6. The van der Waals surface area contributed by atoms with Gasteiger partial charge in [0.15, 0.2) is 0 Å². The van der Waals surface area contributed by atoms with Crippen molar-refractivity contribution in [1.82, 2.24) is 5.32 Å². The molecule has 1 N–H and O–H groups in total. The molecule has 0 radical (unpaired) electrons. The van der Waals surface area contributed by atoms with Crippen molar-refractivity contribution in [3.05, 3.63) is 0 Å². The summed E-state index contributed by atoms with van der Waals surface area (Å²) >= 11 is 0. The van der Waals surface area contributed by atoms with E-state index >= 15 is 0 Å². The maximum absolute atomic E-state index is 6.24. The minimum Gasteiger partial charge on any atom is -0.374 e. The summed E-state index contributed by atoms with van der Waals surface area (Å²) in [7, 11) is 2.08. The van der Waals surface area contributed by atoms with E-state index in [1.54, 1.807) is 0 Å². The van der Waals surface area contributed by atoms with Crippen LogP contribution < -0.4 is 5.32 Å². The van der Waals surface area contributed by atoms with Crippen molar-refractivity contribution in [2.75, 3.05) is 7.05 Å². The van der Waals surface area contributed by atoms with E-state index in [1.165, 1.54) is 19.3 Å². The summed E-state index contributed by atoms with van der Waals surface area (Å²) in [6, 6.07) is 0.645. The second-order valence-corrected chi connectivity index (χ2v) is 5.59. The molecule has 0 amide bonds. The molecular weight excluding hydrogens is 198 g/mol. The number of hydrogen-bond donors (Lipinski definition) is 1. The first kappa shape index (κ1) is 14.0.